The van der Waals surface area contributed by atoms with Gasteiger partial charge in [0.25, 0.3) is 0 Å². The molecular formula is C30H72O20. The Labute approximate surface area is 295 Å². The highest BCUT2D eigenvalue weighted by molar-refractivity contribution is 5.66. The van der Waals surface area contributed by atoms with E-state index in [4.69, 9.17) is 97.0 Å². The summed E-state index contributed by atoms with van der Waals surface area (Å²) in [4.78, 5) is 10.2. The van der Waals surface area contributed by atoms with Gasteiger partial charge in [-0.2, -0.15) is 0 Å². The molecule has 0 aromatic carbocycles. The van der Waals surface area contributed by atoms with E-state index in [0.717, 1.165) is 12.8 Å². The Bertz CT molecular complexity index is 451. The third-order valence-corrected chi connectivity index (χ3v) is 5.02. The molecule has 0 aromatic rings. The molecule has 0 aliphatic carbocycles. The second-order valence-electron chi connectivity index (χ2n) is 10.1. The van der Waals surface area contributed by atoms with Gasteiger partial charge in [-0.3, -0.25) is 4.79 Å². The van der Waals surface area contributed by atoms with Gasteiger partial charge in [0, 0.05) is 6.42 Å². The number of carbonyl (C=O) groups is 1. The fraction of sp³-hybridized carbons (Fsp3) is 0.967. The highest BCUT2D eigenvalue weighted by atomic mass is 16.4. The summed E-state index contributed by atoms with van der Waals surface area (Å²) in [5.41, 5.74) is 0. The van der Waals surface area contributed by atoms with E-state index >= 15 is 0 Å². The zero-order valence-corrected chi connectivity index (χ0v) is 29.4. The lowest BCUT2D eigenvalue weighted by Gasteiger charge is -2.00. The van der Waals surface area contributed by atoms with Gasteiger partial charge < -0.3 is 97.0 Å². The van der Waals surface area contributed by atoms with E-state index in [1.54, 1.807) is 0 Å². The third-order valence-electron chi connectivity index (χ3n) is 5.02. The second kappa shape index (κ2) is 59.9. The van der Waals surface area contributed by atoms with Crippen LogP contribution in [0.25, 0.3) is 0 Å². The number of unbranched alkanes of at least 4 members (excludes halogenated alkanes) is 8. The monoisotopic (exact) mass is 752 g/mol. The lowest BCUT2D eigenvalue weighted by atomic mass is 10.1. The number of aliphatic hydroxyl groups is 18. The molecule has 0 atom stereocenters. The molecule has 0 fully saturated rings. The number of carboxylic acids is 1. The van der Waals surface area contributed by atoms with Crippen LogP contribution < -0.4 is 0 Å². The van der Waals surface area contributed by atoms with Crippen LogP contribution in [0.1, 0.15) is 71.1 Å². The van der Waals surface area contributed by atoms with Gasteiger partial charge in [-0.1, -0.05) is 58.3 Å². The van der Waals surface area contributed by atoms with Crippen molar-refractivity contribution >= 4 is 5.97 Å². The first-order valence-electron chi connectivity index (χ1n) is 16.2. The lowest BCUT2D eigenvalue weighted by Crippen LogP contribution is -2.15. The molecule has 0 spiro atoms. The van der Waals surface area contributed by atoms with E-state index in [0.29, 0.717) is 6.42 Å². The van der Waals surface area contributed by atoms with Gasteiger partial charge in [0.05, 0.1) is 79.3 Å². The average molecular weight is 753 g/mol. The van der Waals surface area contributed by atoms with E-state index in [2.05, 4.69) is 6.92 Å². The van der Waals surface area contributed by atoms with E-state index in [-0.39, 0.29) is 79.3 Å². The summed E-state index contributed by atoms with van der Waals surface area (Å²) in [7, 11) is 0. The lowest BCUT2D eigenvalue weighted by molar-refractivity contribution is -0.137. The van der Waals surface area contributed by atoms with Crippen LogP contribution in [0, 0.1) is 0 Å². The molecule has 0 aliphatic heterocycles. The quantitative estimate of drug-likeness (QED) is 0.0457. The average Bonchev–Trinajstić information content (AvgIpc) is 3.16. The topological polar surface area (TPSA) is 401 Å². The number of rotatable bonds is 22. The molecule has 0 amide bonds. The minimum absolute atomic E-state index is 0.343. The first kappa shape index (κ1) is 63.8. The number of carboxylic acid groups (broad SMARTS) is 1. The first-order chi connectivity index (χ1) is 23.6. The molecule has 0 heterocycles. The largest absolute Gasteiger partial charge is 0.481 e. The molecule has 20 nitrogen and oxygen atoms in total. The fourth-order valence-corrected chi connectivity index (χ4v) is 1.93. The summed E-state index contributed by atoms with van der Waals surface area (Å²) in [6, 6.07) is 0. The maximum atomic E-state index is 10.2. The SMILES string of the molecule is CCCCCCCCCCCC(=O)O.OCC(O)CO.OCC(O)CO.OCC(O)CO.OCC(O)CO.OCC(O)CO.OCC(O)CO. The Hall–Kier alpha value is -1.25. The fourth-order valence-electron chi connectivity index (χ4n) is 1.93. The molecule has 0 radical (unpaired) electrons. The van der Waals surface area contributed by atoms with Crippen LogP contribution >= 0.6 is 0 Å². The van der Waals surface area contributed by atoms with Gasteiger partial charge in [0.2, 0.25) is 0 Å². The van der Waals surface area contributed by atoms with Crippen molar-refractivity contribution in [2.75, 3.05) is 79.3 Å². The van der Waals surface area contributed by atoms with E-state index in [9.17, 15) is 4.79 Å². The van der Waals surface area contributed by atoms with Gasteiger partial charge in [-0.05, 0) is 6.42 Å². The molecule has 0 saturated carbocycles. The molecule has 0 saturated heterocycles. The highest BCUT2D eigenvalue weighted by Gasteiger charge is 1.98. The van der Waals surface area contributed by atoms with Crippen molar-refractivity contribution in [2.45, 2.75) is 108 Å². The van der Waals surface area contributed by atoms with E-state index in [1.807, 2.05) is 0 Å². The maximum absolute atomic E-state index is 10.2. The number of hydrogen-bond acceptors (Lipinski definition) is 19. The van der Waals surface area contributed by atoms with Crippen molar-refractivity contribution in [2.24, 2.45) is 0 Å². The molecule has 0 bridgehead atoms. The smallest absolute Gasteiger partial charge is 0.303 e. The van der Waals surface area contributed by atoms with Crippen molar-refractivity contribution in [1.82, 2.24) is 0 Å². The van der Waals surface area contributed by atoms with Gasteiger partial charge in [-0.25, -0.2) is 0 Å². The summed E-state index contributed by atoms with van der Waals surface area (Å²) in [6.07, 6.45) is 5.76. The molecule has 0 aliphatic rings. The molecule has 50 heavy (non-hydrogen) atoms. The Morgan fingerprint density at radius 1 is 0.340 bits per heavy atom. The van der Waals surface area contributed by atoms with Crippen LogP contribution in [0.3, 0.4) is 0 Å². The molecule has 19 N–H and O–H groups in total. The van der Waals surface area contributed by atoms with Crippen molar-refractivity contribution in [3.63, 3.8) is 0 Å². The summed E-state index contributed by atoms with van der Waals surface area (Å²) < 4.78 is 0. The standard InChI is InChI=1S/C12H24O2.6C3H8O3/c1-2-3-4-5-6-7-8-9-10-11-12(13)14;6*4-1-3(6)2-5/h2-11H2,1H3,(H,13,14);6*3-6H,1-2H2. The van der Waals surface area contributed by atoms with Crippen molar-refractivity contribution in [1.29, 1.82) is 0 Å². The van der Waals surface area contributed by atoms with Crippen LogP contribution in [0.2, 0.25) is 0 Å². The number of hydrogen-bond donors (Lipinski definition) is 19. The molecule has 312 valence electrons. The van der Waals surface area contributed by atoms with Crippen molar-refractivity contribution in [3.8, 4) is 0 Å². The summed E-state index contributed by atoms with van der Waals surface area (Å²) in [6.45, 7) is -2.15. The summed E-state index contributed by atoms with van der Waals surface area (Å²) in [5.74, 6) is -0.659. The van der Waals surface area contributed by atoms with Crippen LogP contribution in [0.4, 0.5) is 0 Å². The van der Waals surface area contributed by atoms with Crippen LogP contribution in [0.15, 0.2) is 0 Å². The normalized spacial score (nSPS) is 10.1. The van der Waals surface area contributed by atoms with Crippen molar-refractivity contribution in [3.05, 3.63) is 0 Å². The number of aliphatic carboxylic acids is 1. The van der Waals surface area contributed by atoms with E-state index in [1.165, 1.54) is 44.9 Å². The second-order valence-corrected chi connectivity index (χ2v) is 10.1. The predicted octanol–water partition coefficient (Wildman–Crippen LogP) is -6.02. The van der Waals surface area contributed by atoms with Crippen LogP contribution in [-0.2, 0) is 4.79 Å². The van der Waals surface area contributed by atoms with Gasteiger partial charge in [0.1, 0.15) is 36.6 Å². The summed E-state index contributed by atoms with van der Waals surface area (Å²) >= 11 is 0. The van der Waals surface area contributed by atoms with Crippen LogP contribution in [-0.4, -0.2) is 219 Å². The van der Waals surface area contributed by atoms with Crippen LogP contribution in [0.5, 0.6) is 0 Å². The minimum atomic E-state index is -0.954. The molecule has 0 aromatic heterocycles. The maximum Gasteiger partial charge on any atom is 0.303 e. The molecule has 20 heteroatoms. The predicted molar refractivity (Wildman–Crippen MR) is 181 cm³/mol. The zero-order chi connectivity index (χ0) is 40.6. The Morgan fingerprint density at radius 3 is 0.620 bits per heavy atom. The Balaban J connectivity index is -0.0000000897. The van der Waals surface area contributed by atoms with Gasteiger partial charge >= 0.3 is 5.97 Å². The first-order valence-corrected chi connectivity index (χ1v) is 16.2. The highest BCUT2D eigenvalue weighted by Crippen LogP contribution is 2.10. The molecular weight excluding hydrogens is 680 g/mol. The third kappa shape index (κ3) is 85.9. The number of aliphatic hydroxyl groups excluding tert-OH is 18. The van der Waals surface area contributed by atoms with E-state index < -0.39 is 42.6 Å². The van der Waals surface area contributed by atoms with Gasteiger partial charge in [-0.15, -0.1) is 0 Å². The summed E-state index contributed by atoms with van der Waals surface area (Å²) in [5, 5.41) is 153. The zero-order valence-electron chi connectivity index (χ0n) is 29.4. The van der Waals surface area contributed by atoms with Gasteiger partial charge in [0.15, 0.2) is 0 Å². The Kier molecular flexibility index (Phi) is 76.4. The Morgan fingerprint density at radius 2 is 0.500 bits per heavy atom. The van der Waals surface area contributed by atoms with Crippen molar-refractivity contribution < 1.29 is 102 Å². The molecule has 0 rings (SSSR count). The molecule has 0 unspecified atom stereocenters. The minimum Gasteiger partial charge on any atom is -0.481 e.